The van der Waals surface area contributed by atoms with Crippen LogP contribution in [0, 0.1) is 41.5 Å². The molecule has 0 spiro atoms. The Balaban J connectivity index is 1.73. The summed E-state index contributed by atoms with van der Waals surface area (Å²) in [6.45, 7) is 12.6. The summed E-state index contributed by atoms with van der Waals surface area (Å²) in [4.78, 5) is 30.5. The third-order valence-corrected chi connectivity index (χ3v) is 9.48. The number of aryl methyl sites for hydroxylation is 6. The minimum absolute atomic E-state index is 0.247. The molecule has 6 aromatic rings. The molecule has 45 heavy (non-hydrogen) atoms. The van der Waals surface area contributed by atoms with E-state index in [1.54, 1.807) is 12.1 Å². The normalized spacial score (nSPS) is 12.2. The smallest absolute Gasteiger partial charge is 0.272 e. The Labute approximate surface area is 276 Å². The van der Waals surface area contributed by atoms with E-state index in [1.807, 2.05) is 24.3 Å². The number of aromatic nitrogens is 6. The van der Waals surface area contributed by atoms with Crippen molar-refractivity contribution >= 4 is 70.3 Å². The van der Waals surface area contributed by atoms with E-state index < -0.39 is 0 Å². The first-order valence-electron chi connectivity index (χ1n) is 14.6. The zero-order chi connectivity index (χ0) is 31.7. The molecule has 8 bridgehead atoms. The van der Waals surface area contributed by atoms with Gasteiger partial charge in [0.1, 0.15) is 11.3 Å². The highest BCUT2D eigenvalue weighted by Crippen LogP contribution is 2.40. The maximum atomic E-state index is 13.4. The first kappa shape index (κ1) is 29.4. The van der Waals surface area contributed by atoms with E-state index in [1.165, 1.54) is 15.6 Å². The van der Waals surface area contributed by atoms with Crippen molar-refractivity contribution in [2.24, 2.45) is 0 Å². The van der Waals surface area contributed by atoms with Gasteiger partial charge >= 0.3 is 0 Å². The second-order valence-corrected chi connectivity index (χ2v) is 13.5. The van der Waals surface area contributed by atoms with Crippen molar-refractivity contribution in [3.05, 3.63) is 114 Å². The van der Waals surface area contributed by atoms with E-state index in [4.69, 9.17) is 15.1 Å². The molecule has 2 aromatic carbocycles. The van der Waals surface area contributed by atoms with Gasteiger partial charge in [-0.1, -0.05) is 35.4 Å². The van der Waals surface area contributed by atoms with Gasteiger partial charge in [0.05, 0.1) is 21.2 Å². The minimum atomic E-state index is -0.247. The number of nitrogens with zero attached hydrogens (tertiary/aromatic N) is 4. The summed E-state index contributed by atoms with van der Waals surface area (Å²) in [7, 11) is 0. The topological polar surface area (TPSA) is 91.7 Å². The van der Waals surface area contributed by atoms with E-state index in [0.717, 1.165) is 70.2 Å². The Morgan fingerprint density at radius 2 is 1.31 bits per heavy atom. The molecule has 0 aliphatic carbocycles. The van der Waals surface area contributed by atoms with Gasteiger partial charge in [0.15, 0.2) is 5.82 Å². The minimum Gasteiger partial charge on any atom is -0.340 e. The van der Waals surface area contributed by atoms with Crippen LogP contribution in [0.5, 0.6) is 0 Å². The average molecular weight is 722 g/mol. The number of nitrogens with one attached hydrogen (secondary N) is 2. The van der Waals surface area contributed by atoms with Crippen molar-refractivity contribution in [3.63, 3.8) is 0 Å². The predicted molar refractivity (Wildman–Crippen MR) is 191 cm³/mol. The lowest BCUT2D eigenvalue weighted by molar-refractivity contribution is 0.902. The highest BCUT2D eigenvalue weighted by atomic mass is 79.9. The third kappa shape index (κ3) is 5.04. The SMILES string of the molecule is Cc1cc(C)c(-c2c3ccc(=O)n(n3)c3cc(Br)c([nH]3)c(-c3c(C)cc(C)cc3C)c3nc(nc4ccc2[nH]4)C(Br)=C3)c(C)c1. The Hall–Kier alpha value is -4.34. The van der Waals surface area contributed by atoms with Gasteiger partial charge in [0.25, 0.3) is 5.56 Å². The highest BCUT2D eigenvalue weighted by molar-refractivity contribution is 9.15. The lowest BCUT2D eigenvalue weighted by atomic mass is 9.92. The number of H-pyrrole nitrogens is 2. The molecule has 1 aliphatic rings. The second kappa shape index (κ2) is 10.9. The zero-order valence-corrected chi connectivity index (χ0v) is 28.9. The molecule has 7 rings (SSSR count). The number of aromatic amines is 2. The molecule has 5 heterocycles. The first-order valence-corrected chi connectivity index (χ1v) is 16.2. The Bertz CT molecular complexity index is 2400. The number of fused-ring (bicyclic) bond motifs is 9. The van der Waals surface area contributed by atoms with Crippen LogP contribution in [0.4, 0.5) is 0 Å². The van der Waals surface area contributed by atoms with Gasteiger partial charge in [0, 0.05) is 27.2 Å². The van der Waals surface area contributed by atoms with E-state index >= 15 is 0 Å². The number of hydrogen-bond acceptors (Lipinski definition) is 4. The molecule has 9 heteroatoms. The fourth-order valence-corrected chi connectivity index (χ4v) is 7.57. The highest BCUT2D eigenvalue weighted by Gasteiger charge is 2.21. The zero-order valence-electron chi connectivity index (χ0n) is 25.7. The third-order valence-electron chi connectivity index (χ3n) is 8.27. The van der Waals surface area contributed by atoms with Crippen molar-refractivity contribution in [1.82, 2.24) is 29.5 Å². The average Bonchev–Trinajstić information content (AvgIpc) is 3.67. The van der Waals surface area contributed by atoms with Gasteiger partial charge in [-0.2, -0.15) is 9.61 Å². The molecule has 4 aromatic heterocycles. The largest absolute Gasteiger partial charge is 0.340 e. The fraction of sp³-hybridized carbons (Fsp3) is 0.167. The first-order chi connectivity index (χ1) is 21.5. The van der Waals surface area contributed by atoms with E-state index in [-0.39, 0.29) is 5.56 Å². The number of rotatable bonds is 2. The van der Waals surface area contributed by atoms with Gasteiger partial charge in [-0.25, -0.2) is 9.97 Å². The summed E-state index contributed by atoms with van der Waals surface area (Å²) < 4.78 is 3.00. The maximum absolute atomic E-state index is 13.4. The summed E-state index contributed by atoms with van der Waals surface area (Å²) >= 11 is 7.55. The van der Waals surface area contributed by atoms with Crippen LogP contribution in [0.1, 0.15) is 44.9 Å². The van der Waals surface area contributed by atoms with Crippen molar-refractivity contribution in [2.75, 3.05) is 0 Å². The standard InChI is InChI=1S/C36H30Br2N6O/c1-17-11-19(3)31(20(4)12-17)33-25-7-9-28(39-25)41-36-24(38)15-27(40-36)34(32-21(5)13-18(2)14-22(32)6)35-23(37)16-29(42-35)44-30(45)10-8-26(33)43-44/h7-16,42H,1-6H3,(H,39,40,41). The van der Waals surface area contributed by atoms with Crippen molar-refractivity contribution in [1.29, 1.82) is 0 Å². The molecule has 224 valence electrons. The lowest BCUT2D eigenvalue weighted by Crippen LogP contribution is -2.14. The number of halogens is 2. The van der Waals surface area contributed by atoms with Gasteiger partial charge < -0.3 is 9.97 Å². The molecule has 1 aliphatic heterocycles. The fourth-order valence-electron chi connectivity index (χ4n) is 6.66. The predicted octanol–water partition coefficient (Wildman–Crippen LogP) is 9.29. The molecule has 0 amide bonds. The van der Waals surface area contributed by atoms with Crippen LogP contribution in [-0.4, -0.2) is 29.5 Å². The summed E-state index contributed by atoms with van der Waals surface area (Å²) in [6, 6.07) is 17.9. The van der Waals surface area contributed by atoms with Gasteiger partial charge in [0.2, 0.25) is 0 Å². The molecular weight excluding hydrogens is 692 g/mol. The van der Waals surface area contributed by atoms with Crippen LogP contribution in [0.3, 0.4) is 0 Å². The second-order valence-electron chi connectivity index (χ2n) is 11.8. The van der Waals surface area contributed by atoms with Crippen molar-refractivity contribution in [2.45, 2.75) is 41.5 Å². The van der Waals surface area contributed by atoms with Crippen molar-refractivity contribution < 1.29 is 0 Å². The van der Waals surface area contributed by atoms with Gasteiger partial charge in [-0.3, -0.25) is 4.79 Å². The summed E-state index contributed by atoms with van der Waals surface area (Å²) in [6.07, 6.45) is 2.00. The van der Waals surface area contributed by atoms with Crippen LogP contribution in [0.15, 0.2) is 63.9 Å². The molecule has 0 atom stereocenters. The Kier molecular flexibility index (Phi) is 7.13. The van der Waals surface area contributed by atoms with E-state index in [9.17, 15) is 4.79 Å². The molecule has 0 saturated heterocycles. The number of benzene rings is 2. The molecule has 0 saturated carbocycles. The maximum Gasteiger partial charge on any atom is 0.272 e. The molecule has 0 unspecified atom stereocenters. The molecule has 2 N–H and O–H groups in total. The van der Waals surface area contributed by atoms with Crippen molar-refractivity contribution in [3.8, 4) is 22.3 Å². The molecule has 0 radical (unpaired) electrons. The Morgan fingerprint density at radius 3 is 1.96 bits per heavy atom. The summed E-state index contributed by atoms with van der Waals surface area (Å²) in [5.74, 6) is 0.565. The van der Waals surface area contributed by atoms with Crippen LogP contribution >= 0.6 is 31.9 Å². The number of hydrogen-bond donors (Lipinski definition) is 2. The molecule has 7 nitrogen and oxygen atoms in total. The van der Waals surface area contributed by atoms with Crippen LogP contribution in [0.2, 0.25) is 0 Å². The lowest BCUT2D eigenvalue weighted by Gasteiger charge is -2.13. The van der Waals surface area contributed by atoms with Crippen LogP contribution < -0.4 is 5.56 Å². The van der Waals surface area contributed by atoms with Crippen LogP contribution in [-0.2, 0) is 0 Å². The van der Waals surface area contributed by atoms with Gasteiger partial charge in [-0.05, 0) is 137 Å². The van der Waals surface area contributed by atoms with Crippen LogP contribution in [0.25, 0.3) is 60.7 Å². The summed E-state index contributed by atoms with van der Waals surface area (Å²) in [5, 5.41) is 4.97. The van der Waals surface area contributed by atoms with E-state index in [2.05, 4.69) is 108 Å². The Morgan fingerprint density at radius 1 is 0.689 bits per heavy atom. The molecular formula is C36H30Br2N6O. The quantitative estimate of drug-likeness (QED) is 0.187. The van der Waals surface area contributed by atoms with Gasteiger partial charge in [-0.15, -0.1) is 0 Å². The van der Waals surface area contributed by atoms with E-state index in [0.29, 0.717) is 22.6 Å². The summed E-state index contributed by atoms with van der Waals surface area (Å²) in [5.41, 5.74) is 14.7. The molecule has 0 fully saturated rings. The monoisotopic (exact) mass is 720 g/mol.